The maximum atomic E-state index is 11.2. The summed E-state index contributed by atoms with van der Waals surface area (Å²) < 4.78 is 0. The van der Waals surface area contributed by atoms with Crippen molar-refractivity contribution in [1.29, 1.82) is 0 Å². The molecule has 0 amide bonds. The van der Waals surface area contributed by atoms with E-state index in [2.05, 4.69) is 0 Å². The Balaban J connectivity index is 2.14. The Kier molecular flexibility index (Phi) is 3.45. The van der Waals surface area contributed by atoms with Crippen molar-refractivity contribution in [1.82, 2.24) is 0 Å². The van der Waals surface area contributed by atoms with E-state index < -0.39 is 0 Å². The molecule has 0 radical (unpaired) electrons. The summed E-state index contributed by atoms with van der Waals surface area (Å²) in [5.41, 5.74) is 0. The van der Waals surface area contributed by atoms with Gasteiger partial charge in [-0.1, -0.05) is 0 Å². The largest absolute Gasteiger partial charge is 0.300 e. The molecule has 68 valence electrons. The first-order valence-corrected chi connectivity index (χ1v) is 4.72. The molecular formula is C10H16O2. The second kappa shape index (κ2) is 4.39. The zero-order chi connectivity index (χ0) is 8.97. The van der Waals surface area contributed by atoms with E-state index in [9.17, 15) is 9.59 Å². The summed E-state index contributed by atoms with van der Waals surface area (Å²) in [6.45, 7) is 1.61. The lowest BCUT2D eigenvalue weighted by atomic mass is 9.99. The Labute approximate surface area is 73.3 Å². The summed E-state index contributed by atoms with van der Waals surface area (Å²) in [4.78, 5) is 21.8. The molecule has 1 unspecified atom stereocenters. The van der Waals surface area contributed by atoms with Crippen LogP contribution < -0.4 is 0 Å². The Hall–Kier alpha value is -0.660. The monoisotopic (exact) mass is 168 g/mol. The van der Waals surface area contributed by atoms with Crippen LogP contribution in [-0.2, 0) is 9.59 Å². The smallest absolute Gasteiger partial charge is 0.135 e. The maximum absolute atomic E-state index is 11.2. The molecule has 0 bridgehead atoms. The van der Waals surface area contributed by atoms with Gasteiger partial charge >= 0.3 is 0 Å². The number of rotatable bonds is 4. The SMILES string of the molecule is CC(=O)CCCC1CCCC1=O. The van der Waals surface area contributed by atoms with Gasteiger partial charge in [0.25, 0.3) is 0 Å². The van der Waals surface area contributed by atoms with Crippen LogP contribution in [0.3, 0.4) is 0 Å². The van der Waals surface area contributed by atoms with Crippen LogP contribution in [0.4, 0.5) is 0 Å². The highest BCUT2D eigenvalue weighted by Gasteiger charge is 2.23. The lowest BCUT2D eigenvalue weighted by molar-refractivity contribution is -0.121. The first kappa shape index (κ1) is 9.43. The molecule has 0 heterocycles. The number of hydrogen-bond acceptors (Lipinski definition) is 2. The summed E-state index contributed by atoms with van der Waals surface area (Å²) in [6.07, 6.45) is 5.35. The Morgan fingerprint density at radius 1 is 1.58 bits per heavy atom. The summed E-state index contributed by atoms with van der Waals surface area (Å²) in [5, 5.41) is 0. The summed E-state index contributed by atoms with van der Waals surface area (Å²) in [6, 6.07) is 0. The highest BCUT2D eigenvalue weighted by atomic mass is 16.1. The molecule has 0 N–H and O–H groups in total. The molecule has 0 aliphatic heterocycles. The Morgan fingerprint density at radius 3 is 2.83 bits per heavy atom. The lowest BCUT2D eigenvalue weighted by Crippen LogP contribution is -2.06. The van der Waals surface area contributed by atoms with Crippen LogP contribution in [0.5, 0.6) is 0 Å². The van der Waals surface area contributed by atoms with Crippen LogP contribution in [0, 0.1) is 5.92 Å². The van der Waals surface area contributed by atoms with Crippen molar-refractivity contribution >= 4 is 11.6 Å². The van der Waals surface area contributed by atoms with Crippen molar-refractivity contribution in [2.75, 3.05) is 0 Å². The minimum atomic E-state index is 0.237. The fourth-order valence-electron chi connectivity index (χ4n) is 1.79. The molecule has 0 aromatic carbocycles. The van der Waals surface area contributed by atoms with Gasteiger partial charge in [-0.3, -0.25) is 4.79 Å². The third-order valence-corrected chi connectivity index (χ3v) is 2.51. The average Bonchev–Trinajstić information content (AvgIpc) is 2.36. The van der Waals surface area contributed by atoms with E-state index in [1.807, 2.05) is 0 Å². The van der Waals surface area contributed by atoms with Crippen molar-refractivity contribution in [3.63, 3.8) is 0 Å². The lowest BCUT2D eigenvalue weighted by Gasteiger charge is -2.05. The van der Waals surface area contributed by atoms with Crippen LogP contribution in [0.2, 0.25) is 0 Å². The number of carbonyl (C=O) groups excluding carboxylic acids is 2. The third-order valence-electron chi connectivity index (χ3n) is 2.51. The van der Waals surface area contributed by atoms with Gasteiger partial charge in [0.05, 0.1) is 0 Å². The summed E-state index contributed by atoms with van der Waals surface area (Å²) in [7, 11) is 0. The summed E-state index contributed by atoms with van der Waals surface area (Å²) in [5.74, 6) is 0.934. The van der Waals surface area contributed by atoms with Crippen LogP contribution >= 0.6 is 0 Å². The van der Waals surface area contributed by atoms with Crippen molar-refractivity contribution in [3.05, 3.63) is 0 Å². The number of ketones is 2. The second-order valence-electron chi connectivity index (χ2n) is 3.65. The fraction of sp³-hybridized carbons (Fsp3) is 0.800. The van der Waals surface area contributed by atoms with E-state index in [1.165, 1.54) is 0 Å². The van der Waals surface area contributed by atoms with Gasteiger partial charge in [0.15, 0.2) is 0 Å². The Bertz CT molecular complexity index is 184. The molecule has 1 saturated carbocycles. The maximum Gasteiger partial charge on any atom is 0.135 e. The van der Waals surface area contributed by atoms with Crippen molar-refractivity contribution in [2.24, 2.45) is 5.92 Å². The van der Waals surface area contributed by atoms with Gasteiger partial charge in [-0.25, -0.2) is 0 Å². The third kappa shape index (κ3) is 2.76. The van der Waals surface area contributed by atoms with Gasteiger partial charge in [0.1, 0.15) is 11.6 Å². The van der Waals surface area contributed by atoms with E-state index >= 15 is 0 Å². The molecule has 1 atom stereocenters. The molecule has 0 saturated heterocycles. The average molecular weight is 168 g/mol. The molecule has 1 fully saturated rings. The first-order valence-electron chi connectivity index (χ1n) is 4.72. The Morgan fingerprint density at radius 2 is 2.33 bits per heavy atom. The van der Waals surface area contributed by atoms with E-state index in [4.69, 9.17) is 0 Å². The molecule has 1 rings (SSSR count). The molecule has 12 heavy (non-hydrogen) atoms. The van der Waals surface area contributed by atoms with E-state index in [0.29, 0.717) is 12.2 Å². The standard InChI is InChI=1S/C10H16O2/c1-8(11)4-2-5-9-6-3-7-10(9)12/h9H,2-7H2,1H3. The van der Waals surface area contributed by atoms with Crippen LogP contribution in [0.25, 0.3) is 0 Å². The van der Waals surface area contributed by atoms with E-state index in [-0.39, 0.29) is 11.7 Å². The van der Waals surface area contributed by atoms with Gasteiger partial charge in [0, 0.05) is 18.8 Å². The predicted molar refractivity (Wildman–Crippen MR) is 46.9 cm³/mol. The van der Waals surface area contributed by atoms with Crippen LogP contribution in [0.1, 0.15) is 45.4 Å². The number of hydrogen-bond donors (Lipinski definition) is 0. The zero-order valence-corrected chi connectivity index (χ0v) is 7.64. The highest BCUT2D eigenvalue weighted by molar-refractivity contribution is 5.82. The number of carbonyl (C=O) groups is 2. The second-order valence-corrected chi connectivity index (χ2v) is 3.65. The topological polar surface area (TPSA) is 34.1 Å². The van der Waals surface area contributed by atoms with Gasteiger partial charge in [-0.05, 0) is 32.6 Å². The molecule has 0 aromatic heterocycles. The minimum Gasteiger partial charge on any atom is -0.300 e. The summed E-state index contributed by atoms with van der Waals surface area (Å²) >= 11 is 0. The van der Waals surface area contributed by atoms with Gasteiger partial charge < -0.3 is 4.79 Å². The normalized spacial score (nSPS) is 23.1. The van der Waals surface area contributed by atoms with Gasteiger partial charge in [-0.2, -0.15) is 0 Å². The molecule has 0 spiro atoms. The molecule has 0 aromatic rings. The van der Waals surface area contributed by atoms with Crippen LogP contribution in [-0.4, -0.2) is 11.6 Å². The quantitative estimate of drug-likeness (QED) is 0.644. The molecule has 1 aliphatic carbocycles. The minimum absolute atomic E-state index is 0.237. The van der Waals surface area contributed by atoms with Crippen molar-refractivity contribution < 1.29 is 9.59 Å². The van der Waals surface area contributed by atoms with Crippen molar-refractivity contribution in [3.8, 4) is 0 Å². The van der Waals surface area contributed by atoms with Crippen LogP contribution in [0.15, 0.2) is 0 Å². The zero-order valence-electron chi connectivity index (χ0n) is 7.64. The molecular weight excluding hydrogens is 152 g/mol. The first-order chi connectivity index (χ1) is 5.70. The van der Waals surface area contributed by atoms with Gasteiger partial charge in [0.2, 0.25) is 0 Å². The van der Waals surface area contributed by atoms with E-state index in [0.717, 1.165) is 32.1 Å². The van der Waals surface area contributed by atoms with Gasteiger partial charge in [-0.15, -0.1) is 0 Å². The van der Waals surface area contributed by atoms with E-state index in [1.54, 1.807) is 6.92 Å². The fourth-order valence-corrected chi connectivity index (χ4v) is 1.79. The molecule has 1 aliphatic rings. The molecule has 2 heteroatoms. The highest BCUT2D eigenvalue weighted by Crippen LogP contribution is 2.25. The number of Topliss-reactive ketones (excluding diaryl/α,β-unsaturated/α-hetero) is 2. The molecule has 2 nitrogen and oxygen atoms in total. The predicted octanol–water partition coefficient (Wildman–Crippen LogP) is 2.11. The van der Waals surface area contributed by atoms with Crippen molar-refractivity contribution in [2.45, 2.75) is 45.4 Å².